The number of rotatable bonds is 3. The summed E-state index contributed by atoms with van der Waals surface area (Å²) in [6.07, 6.45) is 1.50. The Hall–Kier alpha value is -2.00. The molecule has 2 nitrogen and oxygen atoms in total. The molecule has 1 heterocycles. The van der Waals surface area contributed by atoms with Gasteiger partial charge < -0.3 is 9.15 Å². The third kappa shape index (κ3) is 2.29. The smallest absolute Gasteiger partial charge is 0.169 e. The highest BCUT2D eigenvalue weighted by molar-refractivity contribution is 6.32. The normalized spacial score (nSPS) is 10.8. The average molecular weight is 277 g/mol. The van der Waals surface area contributed by atoms with Gasteiger partial charge in [-0.05, 0) is 18.2 Å². The van der Waals surface area contributed by atoms with Gasteiger partial charge in [0.15, 0.2) is 11.4 Å². The maximum absolute atomic E-state index is 13.5. The van der Waals surface area contributed by atoms with Crippen molar-refractivity contribution in [2.24, 2.45) is 0 Å². The molecule has 0 unspecified atom stereocenters. The largest absolute Gasteiger partial charge is 0.487 e. The number of halogens is 2. The van der Waals surface area contributed by atoms with Crippen LogP contribution in [0.15, 0.2) is 53.1 Å². The lowest BCUT2D eigenvalue weighted by atomic mass is 10.2. The van der Waals surface area contributed by atoms with Crippen LogP contribution >= 0.6 is 11.6 Å². The fourth-order valence-electron chi connectivity index (χ4n) is 1.90. The van der Waals surface area contributed by atoms with E-state index in [1.54, 1.807) is 24.3 Å². The van der Waals surface area contributed by atoms with E-state index in [-0.39, 0.29) is 18.0 Å². The zero-order valence-corrected chi connectivity index (χ0v) is 10.7. The molecule has 1 aromatic heterocycles. The minimum Gasteiger partial charge on any atom is -0.487 e. The molecule has 0 radical (unpaired) electrons. The summed E-state index contributed by atoms with van der Waals surface area (Å²) < 4.78 is 24.3. The van der Waals surface area contributed by atoms with Crippen molar-refractivity contribution in [2.45, 2.75) is 6.61 Å². The molecule has 0 saturated carbocycles. The Morgan fingerprint density at radius 2 is 1.95 bits per heavy atom. The summed E-state index contributed by atoms with van der Waals surface area (Å²) in [6, 6.07) is 12.0. The van der Waals surface area contributed by atoms with Gasteiger partial charge in [0.05, 0.1) is 11.3 Å². The maximum atomic E-state index is 13.5. The van der Waals surface area contributed by atoms with Crippen LogP contribution in [0.2, 0.25) is 5.02 Å². The van der Waals surface area contributed by atoms with E-state index in [0.29, 0.717) is 16.2 Å². The molecule has 0 bridgehead atoms. The molecule has 19 heavy (non-hydrogen) atoms. The van der Waals surface area contributed by atoms with Gasteiger partial charge in [-0.3, -0.25) is 0 Å². The van der Waals surface area contributed by atoms with Crippen molar-refractivity contribution in [3.8, 4) is 5.75 Å². The van der Waals surface area contributed by atoms with Crippen LogP contribution in [0.4, 0.5) is 4.39 Å². The van der Waals surface area contributed by atoms with Gasteiger partial charge >= 0.3 is 0 Å². The molecule has 0 aliphatic carbocycles. The van der Waals surface area contributed by atoms with Gasteiger partial charge in [-0.15, -0.1) is 0 Å². The summed E-state index contributed by atoms with van der Waals surface area (Å²) in [6.45, 7) is 0.278. The molecule has 0 aliphatic rings. The van der Waals surface area contributed by atoms with Gasteiger partial charge in [0.2, 0.25) is 0 Å². The minimum atomic E-state index is -0.374. The lowest BCUT2D eigenvalue weighted by molar-refractivity contribution is 0.306. The topological polar surface area (TPSA) is 22.4 Å². The summed E-state index contributed by atoms with van der Waals surface area (Å²) in [5.74, 6) is 0.219. The quantitative estimate of drug-likeness (QED) is 0.685. The maximum Gasteiger partial charge on any atom is 0.169 e. The van der Waals surface area contributed by atoms with Crippen LogP contribution in [0.3, 0.4) is 0 Å². The first kappa shape index (κ1) is 12.1. The lowest BCUT2D eigenvalue weighted by Gasteiger charge is -2.06. The number of ether oxygens (including phenoxy) is 1. The molecule has 0 amide bonds. The van der Waals surface area contributed by atoms with Crippen LogP contribution in [0.1, 0.15) is 5.56 Å². The van der Waals surface area contributed by atoms with E-state index in [2.05, 4.69) is 0 Å². The summed E-state index contributed by atoms with van der Waals surface area (Å²) in [5.41, 5.74) is 1.04. The first-order chi connectivity index (χ1) is 9.25. The Labute approximate surface area is 114 Å². The highest BCUT2D eigenvalue weighted by Crippen LogP contribution is 2.27. The van der Waals surface area contributed by atoms with E-state index in [4.69, 9.17) is 20.8 Å². The number of benzene rings is 2. The van der Waals surface area contributed by atoms with Crippen LogP contribution in [0.5, 0.6) is 5.75 Å². The number of para-hydroxylation sites is 2. The van der Waals surface area contributed by atoms with Crippen LogP contribution in [0, 0.1) is 5.82 Å². The van der Waals surface area contributed by atoms with E-state index in [1.165, 1.54) is 12.3 Å². The highest BCUT2D eigenvalue weighted by Gasteiger charge is 2.10. The second-order valence-electron chi connectivity index (χ2n) is 4.10. The molecule has 0 aliphatic heterocycles. The van der Waals surface area contributed by atoms with Gasteiger partial charge in [0.1, 0.15) is 12.4 Å². The fourth-order valence-corrected chi connectivity index (χ4v) is 2.09. The number of fused-ring (bicyclic) bond motifs is 1. The first-order valence-corrected chi connectivity index (χ1v) is 6.15. The SMILES string of the molecule is Fc1cccc2c(COc3ccccc3Cl)coc12. The lowest BCUT2D eigenvalue weighted by Crippen LogP contribution is -1.94. The molecular formula is C15H10ClFO2. The van der Waals surface area contributed by atoms with Crippen molar-refractivity contribution in [1.29, 1.82) is 0 Å². The zero-order valence-electron chi connectivity index (χ0n) is 9.90. The van der Waals surface area contributed by atoms with E-state index in [9.17, 15) is 4.39 Å². The molecular weight excluding hydrogens is 267 g/mol. The van der Waals surface area contributed by atoms with Crippen molar-refractivity contribution >= 4 is 22.6 Å². The van der Waals surface area contributed by atoms with Crippen LogP contribution < -0.4 is 4.74 Å². The summed E-state index contributed by atoms with van der Waals surface area (Å²) in [4.78, 5) is 0. The molecule has 4 heteroatoms. The summed E-state index contributed by atoms with van der Waals surface area (Å²) in [7, 11) is 0. The second-order valence-corrected chi connectivity index (χ2v) is 4.50. The third-order valence-electron chi connectivity index (χ3n) is 2.85. The van der Waals surface area contributed by atoms with Gasteiger partial charge in [-0.1, -0.05) is 35.9 Å². The van der Waals surface area contributed by atoms with E-state index < -0.39 is 0 Å². The molecule has 96 valence electrons. The molecule has 3 rings (SSSR count). The third-order valence-corrected chi connectivity index (χ3v) is 3.16. The molecule has 2 aromatic carbocycles. The van der Waals surface area contributed by atoms with Gasteiger partial charge in [-0.25, -0.2) is 4.39 Å². The van der Waals surface area contributed by atoms with E-state index in [0.717, 1.165) is 5.56 Å². The Morgan fingerprint density at radius 3 is 2.79 bits per heavy atom. The monoisotopic (exact) mass is 276 g/mol. The van der Waals surface area contributed by atoms with E-state index in [1.807, 2.05) is 12.1 Å². The van der Waals surface area contributed by atoms with Crippen molar-refractivity contribution in [3.63, 3.8) is 0 Å². The van der Waals surface area contributed by atoms with Gasteiger partial charge in [0, 0.05) is 10.9 Å². The molecule has 0 spiro atoms. The van der Waals surface area contributed by atoms with Crippen molar-refractivity contribution in [2.75, 3.05) is 0 Å². The zero-order chi connectivity index (χ0) is 13.2. The Bertz CT molecular complexity index is 721. The minimum absolute atomic E-state index is 0.250. The Balaban J connectivity index is 1.87. The molecule has 0 N–H and O–H groups in total. The Kier molecular flexibility index (Phi) is 3.13. The first-order valence-electron chi connectivity index (χ1n) is 5.77. The molecule has 0 fully saturated rings. The van der Waals surface area contributed by atoms with Crippen molar-refractivity contribution in [1.82, 2.24) is 0 Å². The van der Waals surface area contributed by atoms with Crippen LogP contribution in [-0.4, -0.2) is 0 Å². The predicted octanol–water partition coefficient (Wildman–Crippen LogP) is 4.80. The van der Waals surface area contributed by atoms with E-state index >= 15 is 0 Å². The van der Waals surface area contributed by atoms with Crippen LogP contribution in [-0.2, 0) is 6.61 Å². The summed E-state index contributed by atoms with van der Waals surface area (Å²) >= 11 is 6.00. The highest BCUT2D eigenvalue weighted by atomic mass is 35.5. The number of furan rings is 1. The van der Waals surface area contributed by atoms with Gasteiger partial charge in [-0.2, -0.15) is 0 Å². The number of hydrogen-bond donors (Lipinski definition) is 0. The summed E-state index contributed by atoms with van der Waals surface area (Å²) in [5, 5.41) is 1.26. The van der Waals surface area contributed by atoms with Crippen LogP contribution in [0.25, 0.3) is 11.0 Å². The standard InChI is InChI=1S/C15H10ClFO2/c16-12-5-1-2-7-14(12)18-8-10-9-19-15-11(10)4-3-6-13(15)17/h1-7,9H,8H2. The molecule has 3 aromatic rings. The second kappa shape index (κ2) is 4.94. The van der Waals surface area contributed by atoms with Crippen molar-refractivity contribution < 1.29 is 13.5 Å². The molecule has 0 saturated heterocycles. The number of hydrogen-bond acceptors (Lipinski definition) is 2. The Morgan fingerprint density at radius 1 is 1.11 bits per heavy atom. The average Bonchev–Trinajstić information content (AvgIpc) is 2.83. The fraction of sp³-hybridized carbons (Fsp3) is 0.0667. The predicted molar refractivity (Wildman–Crippen MR) is 72.0 cm³/mol. The molecule has 0 atom stereocenters. The van der Waals surface area contributed by atoms with Crippen molar-refractivity contribution in [3.05, 3.63) is 65.1 Å². The van der Waals surface area contributed by atoms with Gasteiger partial charge in [0.25, 0.3) is 0 Å².